The number of anilines is 1. The first kappa shape index (κ1) is 20.2. The maximum atomic E-state index is 12.7. The van der Waals surface area contributed by atoms with E-state index in [2.05, 4.69) is 10.3 Å². The lowest BCUT2D eigenvalue weighted by Gasteiger charge is -2.25. The molecule has 8 heteroatoms. The molecule has 0 amide bonds. The van der Waals surface area contributed by atoms with Crippen molar-refractivity contribution in [3.05, 3.63) is 63.9 Å². The van der Waals surface area contributed by atoms with Gasteiger partial charge in [0.25, 0.3) is 5.56 Å². The molecule has 0 aliphatic carbocycles. The fraction of sp³-hybridized carbons (Fsp3) is 0.273. The lowest BCUT2D eigenvalue weighted by Crippen LogP contribution is -2.37. The molecule has 0 spiro atoms. The summed E-state index contributed by atoms with van der Waals surface area (Å²) in [4.78, 5) is 17.4. The molecule has 0 unspecified atom stereocenters. The van der Waals surface area contributed by atoms with Gasteiger partial charge in [-0.1, -0.05) is 12.1 Å². The van der Waals surface area contributed by atoms with Crippen molar-refractivity contribution in [2.45, 2.75) is 13.5 Å². The smallest absolute Gasteiger partial charge is 0.253 e. The highest BCUT2D eigenvalue weighted by atomic mass is 32.1. The maximum Gasteiger partial charge on any atom is 0.253 e. The number of nitrogens with zero attached hydrogens (tertiary/aromatic N) is 1. The molecule has 0 fully saturated rings. The number of rotatable bonds is 5. The number of fused-ring (bicyclic) bond motifs is 2. The van der Waals surface area contributed by atoms with Crippen LogP contribution in [0.25, 0.3) is 10.9 Å². The highest BCUT2D eigenvalue weighted by molar-refractivity contribution is 7.80. The first-order chi connectivity index (χ1) is 14.5. The van der Waals surface area contributed by atoms with E-state index in [1.54, 1.807) is 11.0 Å². The Morgan fingerprint density at radius 1 is 1.20 bits per heavy atom. The van der Waals surface area contributed by atoms with Crippen LogP contribution < -0.4 is 20.3 Å². The van der Waals surface area contributed by atoms with Crippen LogP contribution in [-0.4, -0.2) is 46.5 Å². The average Bonchev–Trinajstić information content (AvgIpc) is 2.72. The van der Waals surface area contributed by atoms with Crippen LogP contribution in [0.1, 0.15) is 11.1 Å². The zero-order chi connectivity index (χ0) is 21.1. The number of hydrogen-bond acceptors (Lipinski definition) is 5. The van der Waals surface area contributed by atoms with Crippen molar-refractivity contribution in [3.8, 4) is 11.5 Å². The summed E-state index contributed by atoms with van der Waals surface area (Å²) < 4.78 is 11.2. The normalized spacial score (nSPS) is 12.6. The minimum Gasteiger partial charge on any atom is -0.486 e. The molecule has 1 aliphatic rings. The Hall–Kier alpha value is -3.10. The van der Waals surface area contributed by atoms with Crippen LogP contribution in [-0.2, 0) is 6.54 Å². The minimum atomic E-state index is -0.208. The molecule has 2 heterocycles. The first-order valence-electron chi connectivity index (χ1n) is 9.72. The summed E-state index contributed by atoms with van der Waals surface area (Å²) in [6.45, 7) is 3.47. The number of nitrogens with one attached hydrogen (secondary N) is 2. The van der Waals surface area contributed by atoms with E-state index in [1.807, 2.05) is 43.3 Å². The fourth-order valence-electron chi connectivity index (χ4n) is 3.41. The Kier molecular flexibility index (Phi) is 5.87. The molecule has 0 radical (unpaired) electrons. The second-order valence-electron chi connectivity index (χ2n) is 7.15. The lowest BCUT2D eigenvalue weighted by atomic mass is 10.1. The molecule has 3 aromatic rings. The van der Waals surface area contributed by atoms with Crippen molar-refractivity contribution in [2.24, 2.45) is 0 Å². The van der Waals surface area contributed by atoms with Gasteiger partial charge in [-0.2, -0.15) is 0 Å². The minimum absolute atomic E-state index is 0.0835. The van der Waals surface area contributed by atoms with E-state index in [0.717, 1.165) is 16.6 Å². The number of benzene rings is 2. The van der Waals surface area contributed by atoms with E-state index < -0.39 is 0 Å². The third-order valence-corrected chi connectivity index (χ3v) is 5.23. The van der Waals surface area contributed by atoms with E-state index >= 15 is 0 Å². The highest BCUT2D eigenvalue weighted by Gasteiger charge is 2.16. The summed E-state index contributed by atoms with van der Waals surface area (Å²) >= 11 is 5.54. The number of ether oxygens (including phenoxy) is 2. The van der Waals surface area contributed by atoms with Gasteiger partial charge in [-0.05, 0) is 49.0 Å². The van der Waals surface area contributed by atoms with Gasteiger partial charge in [0, 0.05) is 29.2 Å². The van der Waals surface area contributed by atoms with Gasteiger partial charge in [-0.15, -0.1) is 0 Å². The Morgan fingerprint density at radius 2 is 1.97 bits per heavy atom. The molecule has 0 bridgehead atoms. The number of aliphatic hydroxyl groups excluding tert-OH is 1. The Morgan fingerprint density at radius 3 is 2.70 bits per heavy atom. The molecule has 30 heavy (non-hydrogen) atoms. The third kappa shape index (κ3) is 4.39. The van der Waals surface area contributed by atoms with Gasteiger partial charge in [-0.3, -0.25) is 4.79 Å². The fourth-order valence-corrected chi connectivity index (χ4v) is 3.68. The molecule has 7 nitrogen and oxygen atoms in total. The molecule has 1 aromatic heterocycles. The predicted octanol–water partition coefficient (Wildman–Crippen LogP) is 2.80. The highest BCUT2D eigenvalue weighted by Crippen LogP contribution is 2.33. The average molecular weight is 426 g/mol. The summed E-state index contributed by atoms with van der Waals surface area (Å²) in [5.41, 5.74) is 2.99. The number of H-pyrrole nitrogens is 1. The standard InChI is InChI=1S/C22H23N3O4S/c1-14-3-2-4-17(9-14)23-22(30)25(5-6-26)13-16-10-15-11-19-20(29-8-7-28-19)12-18(15)24-21(16)27/h2-4,9-12,26H,5-8,13H2,1H3,(H,23,30)(H,24,27). The molecule has 3 N–H and O–H groups in total. The van der Waals surface area contributed by atoms with Crippen LogP contribution in [0.15, 0.2) is 47.3 Å². The van der Waals surface area contributed by atoms with Crippen LogP contribution in [0.4, 0.5) is 5.69 Å². The molecule has 4 rings (SSSR count). The summed E-state index contributed by atoms with van der Waals surface area (Å²) in [6, 6.07) is 13.3. The number of hydrogen-bond donors (Lipinski definition) is 3. The zero-order valence-corrected chi connectivity index (χ0v) is 17.4. The van der Waals surface area contributed by atoms with Crippen LogP contribution >= 0.6 is 12.2 Å². The topological polar surface area (TPSA) is 86.8 Å². The summed E-state index contributed by atoms with van der Waals surface area (Å²) in [5, 5.41) is 14.0. The monoisotopic (exact) mass is 425 g/mol. The molecule has 2 aromatic carbocycles. The SMILES string of the molecule is Cc1cccc(NC(=S)N(CCO)Cc2cc3cc4c(cc3[nH]c2=O)OCCO4)c1. The molecular weight excluding hydrogens is 402 g/mol. The van der Waals surface area contributed by atoms with Crippen molar-refractivity contribution >= 4 is 33.9 Å². The van der Waals surface area contributed by atoms with E-state index in [0.29, 0.717) is 47.5 Å². The molecule has 0 saturated carbocycles. The second-order valence-corrected chi connectivity index (χ2v) is 7.54. The van der Waals surface area contributed by atoms with Crippen molar-refractivity contribution in [1.29, 1.82) is 0 Å². The number of thiocarbonyl (C=S) groups is 1. The summed E-state index contributed by atoms with van der Waals surface area (Å²) in [7, 11) is 0. The molecular formula is C22H23N3O4S. The van der Waals surface area contributed by atoms with Crippen molar-refractivity contribution in [2.75, 3.05) is 31.7 Å². The number of aromatic amines is 1. The van der Waals surface area contributed by atoms with Crippen molar-refractivity contribution < 1.29 is 14.6 Å². The third-order valence-electron chi connectivity index (χ3n) is 4.87. The van der Waals surface area contributed by atoms with Gasteiger partial charge in [-0.25, -0.2) is 0 Å². The van der Waals surface area contributed by atoms with Gasteiger partial charge >= 0.3 is 0 Å². The molecule has 156 valence electrons. The van der Waals surface area contributed by atoms with Crippen LogP contribution in [0.5, 0.6) is 11.5 Å². The van der Waals surface area contributed by atoms with Crippen molar-refractivity contribution in [3.63, 3.8) is 0 Å². The Balaban J connectivity index is 1.60. The van der Waals surface area contributed by atoms with E-state index in [-0.39, 0.29) is 18.7 Å². The number of aliphatic hydroxyl groups is 1. The van der Waals surface area contributed by atoms with Crippen LogP contribution in [0.2, 0.25) is 0 Å². The Bertz CT molecular complexity index is 1140. The van der Waals surface area contributed by atoms with Gasteiger partial charge in [0.05, 0.1) is 18.7 Å². The predicted molar refractivity (Wildman–Crippen MR) is 120 cm³/mol. The van der Waals surface area contributed by atoms with Gasteiger partial charge < -0.3 is 29.8 Å². The summed E-state index contributed by atoms with van der Waals surface area (Å²) in [5.74, 6) is 1.29. The van der Waals surface area contributed by atoms with E-state index in [9.17, 15) is 9.90 Å². The van der Waals surface area contributed by atoms with Gasteiger partial charge in [0.2, 0.25) is 0 Å². The zero-order valence-electron chi connectivity index (χ0n) is 16.6. The number of aromatic nitrogens is 1. The second kappa shape index (κ2) is 8.73. The number of pyridine rings is 1. The van der Waals surface area contributed by atoms with Gasteiger partial charge in [0.15, 0.2) is 16.6 Å². The van der Waals surface area contributed by atoms with Gasteiger partial charge in [0.1, 0.15) is 13.2 Å². The van der Waals surface area contributed by atoms with Crippen LogP contribution in [0.3, 0.4) is 0 Å². The lowest BCUT2D eigenvalue weighted by molar-refractivity contribution is 0.172. The molecule has 1 aliphatic heterocycles. The number of aryl methyl sites for hydroxylation is 1. The summed E-state index contributed by atoms with van der Waals surface area (Å²) in [6.07, 6.45) is 0. The van der Waals surface area contributed by atoms with Crippen LogP contribution in [0, 0.1) is 6.92 Å². The van der Waals surface area contributed by atoms with E-state index in [4.69, 9.17) is 21.7 Å². The maximum absolute atomic E-state index is 12.7. The molecule has 0 saturated heterocycles. The van der Waals surface area contributed by atoms with E-state index in [1.165, 1.54) is 0 Å². The molecule has 0 atom stereocenters. The first-order valence-corrected chi connectivity index (χ1v) is 10.1. The quantitative estimate of drug-likeness (QED) is 0.542. The Labute approximate surface area is 179 Å². The van der Waals surface area contributed by atoms with Crippen molar-refractivity contribution in [1.82, 2.24) is 9.88 Å². The largest absolute Gasteiger partial charge is 0.486 e.